The van der Waals surface area contributed by atoms with Gasteiger partial charge in [0.2, 0.25) is 0 Å². The fourth-order valence-electron chi connectivity index (χ4n) is 2.59. The summed E-state index contributed by atoms with van der Waals surface area (Å²) in [5.74, 6) is 0.933. The van der Waals surface area contributed by atoms with E-state index in [1.165, 1.54) is 51.7 Å². The van der Waals surface area contributed by atoms with Crippen LogP contribution in [0.5, 0.6) is 0 Å². The Kier molecular flexibility index (Phi) is 5.07. The van der Waals surface area contributed by atoms with Crippen molar-refractivity contribution in [3.63, 3.8) is 0 Å². The van der Waals surface area contributed by atoms with E-state index in [1.54, 1.807) is 0 Å². The topological polar surface area (TPSA) is 27.3 Å². The number of hydrogen-bond donors (Lipinski definition) is 2. The van der Waals surface area contributed by atoms with E-state index in [9.17, 15) is 0 Å². The highest BCUT2D eigenvalue weighted by Gasteiger charge is 2.19. The maximum atomic E-state index is 3.55. The van der Waals surface area contributed by atoms with E-state index in [0.717, 1.165) is 25.0 Å². The van der Waals surface area contributed by atoms with Gasteiger partial charge in [-0.05, 0) is 58.2 Å². The first-order valence-electron chi connectivity index (χ1n) is 6.97. The third-order valence-corrected chi connectivity index (χ3v) is 3.76. The van der Waals surface area contributed by atoms with Gasteiger partial charge in [-0.1, -0.05) is 0 Å². The zero-order chi connectivity index (χ0) is 11.2. The zero-order valence-corrected chi connectivity index (χ0v) is 10.7. The minimum absolute atomic E-state index is 0.855. The maximum absolute atomic E-state index is 3.55. The lowest BCUT2D eigenvalue weighted by Crippen LogP contribution is -2.34. The highest BCUT2D eigenvalue weighted by Crippen LogP contribution is 2.18. The molecule has 1 atom stereocenters. The van der Waals surface area contributed by atoms with Gasteiger partial charge in [0.1, 0.15) is 0 Å². The van der Waals surface area contributed by atoms with Gasteiger partial charge >= 0.3 is 0 Å². The molecule has 0 bridgehead atoms. The Hall–Kier alpha value is -0.120. The predicted molar refractivity (Wildman–Crippen MR) is 68.7 cm³/mol. The lowest BCUT2D eigenvalue weighted by molar-refractivity contribution is 0.201. The summed E-state index contributed by atoms with van der Waals surface area (Å²) in [5.41, 5.74) is 0. The minimum atomic E-state index is 0.855. The van der Waals surface area contributed by atoms with Crippen LogP contribution < -0.4 is 10.6 Å². The molecule has 0 aromatic heterocycles. The monoisotopic (exact) mass is 225 g/mol. The molecule has 3 nitrogen and oxygen atoms in total. The molecule has 0 spiro atoms. The van der Waals surface area contributed by atoms with E-state index >= 15 is 0 Å². The van der Waals surface area contributed by atoms with Crippen LogP contribution >= 0.6 is 0 Å². The number of likely N-dealkylation sites (tertiary alicyclic amines) is 1. The summed E-state index contributed by atoms with van der Waals surface area (Å²) in [6, 6.07) is 0.855. The van der Waals surface area contributed by atoms with Crippen molar-refractivity contribution in [3.8, 4) is 0 Å². The van der Waals surface area contributed by atoms with Crippen LogP contribution in [0.4, 0.5) is 0 Å². The fourth-order valence-corrected chi connectivity index (χ4v) is 2.59. The van der Waals surface area contributed by atoms with Crippen molar-refractivity contribution < 1.29 is 0 Å². The molecule has 1 aliphatic heterocycles. The molecule has 2 aliphatic rings. The van der Waals surface area contributed by atoms with E-state index in [4.69, 9.17) is 0 Å². The Morgan fingerprint density at radius 1 is 1.12 bits per heavy atom. The molecule has 1 unspecified atom stereocenters. The van der Waals surface area contributed by atoms with Crippen LogP contribution in [0, 0.1) is 5.92 Å². The van der Waals surface area contributed by atoms with Crippen LogP contribution in [0.2, 0.25) is 0 Å². The number of hydrogen-bond acceptors (Lipinski definition) is 3. The molecule has 1 saturated heterocycles. The summed E-state index contributed by atoms with van der Waals surface area (Å²) in [5, 5.41) is 7.08. The largest absolute Gasteiger partial charge is 0.315 e. The van der Waals surface area contributed by atoms with E-state index < -0.39 is 0 Å². The van der Waals surface area contributed by atoms with E-state index in [1.807, 2.05) is 0 Å². The molecule has 0 radical (unpaired) electrons. The third kappa shape index (κ3) is 4.81. The Balaban J connectivity index is 1.41. The summed E-state index contributed by atoms with van der Waals surface area (Å²) in [6.07, 6.45) is 6.98. The summed E-state index contributed by atoms with van der Waals surface area (Å²) < 4.78 is 0. The molecule has 94 valence electrons. The highest BCUT2D eigenvalue weighted by molar-refractivity contribution is 4.80. The Morgan fingerprint density at radius 2 is 2.00 bits per heavy atom. The maximum Gasteiger partial charge on any atom is 0.00793 e. The van der Waals surface area contributed by atoms with Gasteiger partial charge in [-0.2, -0.15) is 0 Å². The van der Waals surface area contributed by atoms with Crippen LogP contribution in [0.3, 0.4) is 0 Å². The van der Waals surface area contributed by atoms with Gasteiger partial charge < -0.3 is 15.5 Å². The quantitative estimate of drug-likeness (QED) is 0.635. The molecule has 1 heterocycles. The zero-order valence-electron chi connectivity index (χ0n) is 10.7. The second-order valence-corrected chi connectivity index (χ2v) is 5.54. The smallest absolute Gasteiger partial charge is 0.00793 e. The summed E-state index contributed by atoms with van der Waals surface area (Å²) >= 11 is 0. The molecule has 1 saturated carbocycles. The average Bonchev–Trinajstić information content (AvgIpc) is 3.07. The average molecular weight is 225 g/mol. The molecule has 1 aliphatic carbocycles. The summed E-state index contributed by atoms with van der Waals surface area (Å²) in [4.78, 5) is 2.48. The van der Waals surface area contributed by atoms with Gasteiger partial charge in [0, 0.05) is 25.7 Å². The predicted octanol–water partition coefficient (Wildman–Crippen LogP) is 1.06. The standard InChI is InChI=1S/C13H27N3/c1-16-10-2-3-12(11-16)6-7-14-8-9-15-13-4-5-13/h12-15H,2-11H2,1H3. The lowest BCUT2D eigenvalue weighted by atomic mass is 9.95. The van der Waals surface area contributed by atoms with Crippen molar-refractivity contribution in [2.75, 3.05) is 39.8 Å². The number of nitrogens with one attached hydrogen (secondary N) is 2. The van der Waals surface area contributed by atoms with Gasteiger partial charge in [0.15, 0.2) is 0 Å². The molecule has 0 amide bonds. The van der Waals surface area contributed by atoms with Gasteiger partial charge in [-0.3, -0.25) is 0 Å². The Morgan fingerprint density at radius 3 is 2.75 bits per heavy atom. The minimum Gasteiger partial charge on any atom is -0.315 e. The SMILES string of the molecule is CN1CCCC(CCNCCNC2CC2)C1. The number of rotatable bonds is 7. The van der Waals surface area contributed by atoms with Gasteiger partial charge in [-0.15, -0.1) is 0 Å². The van der Waals surface area contributed by atoms with E-state index in [2.05, 4.69) is 22.6 Å². The number of nitrogens with zero attached hydrogens (tertiary/aromatic N) is 1. The van der Waals surface area contributed by atoms with Crippen molar-refractivity contribution in [1.29, 1.82) is 0 Å². The summed E-state index contributed by atoms with van der Waals surface area (Å²) in [6.45, 7) is 6.09. The molecule has 2 N–H and O–H groups in total. The number of piperidine rings is 1. The lowest BCUT2D eigenvalue weighted by Gasteiger charge is -2.29. The molecular formula is C13H27N3. The van der Waals surface area contributed by atoms with E-state index in [-0.39, 0.29) is 0 Å². The second kappa shape index (κ2) is 6.58. The van der Waals surface area contributed by atoms with Crippen molar-refractivity contribution in [3.05, 3.63) is 0 Å². The Bertz CT molecular complexity index is 192. The highest BCUT2D eigenvalue weighted by atomic mass is 15.1. The fraction of sp³-hybridized carbons (Fsp3) is 1.00. The Labute approximate surface area is 100.0 Å². The first kappa shape index (κ1) is 12.3. The van der Waals surface area contributed by atoms with Crippen LogP contribution in [0.25, 0.3) is 0 Å². The van der Waals surface area contributed by atoms with Crippen molar-refractivity contribution in [2.45, 2.75) is 38.1 Å². The van der Waals surface area contributed by atoms with Crippen molar-refractivity contribution in [1.82, 2.24) is 15.5 Å². The summed E-state index contributed by atoms with van der Waals surface area (Å²) in [7, 11) is 2.25. The van der Waals surface area contributed by atoms with Gasteiger partial charge in [0.25, 0.3) is 0 Å². The second-order valence-electron chi connectivity index (χ2n) is 5.54. The van der Waals surface area contributed by atoms with Crippen LogP contribution in [0.1, 0.15) is 32.1 Å². The molecule has 0 aromatic rings. The first-order valence-corrected chi connectivity index (χ1v) is 6.97. The molecule has 3 heteroatoms. The van der Waals surface area contributed by atoms with Crippen molar-refractivity contribution >= 4 is 0 Å². The van der Waals surface area contributed by atoms with Crippen molar-refractivity contribution in [2.24, 2.45) is 5.92 Å². The first-order chi connectivity index (χ1) is 7.84. The molecule has 2 rings (SSSR count). The molecule has 0 aromatic carbocycles. The van der Waals surface area contributed by atoms with Crippen LogP contribution in [-0.4, -0.2) is 50.7 Å². The normalized spacial score (nSPS) is 27.2. The van der Waals surface area contributed by atoms with Crippen LogP contribution in [0.15, 0.2) is 0 Å². The van der Waals surface area contributed by atoms with Crippen LogP contribution in [-0.2, 0) is 0 Å². The molecule has 2 fully saturated rings. The third-order valence-electron chi connectivity index (χ3n) is 3.76. The van der Waals surface area contributed by atoms with E-state index in [0.29, 0.717) is 0 Å². The van der Waals surface area contributed by atoms with Gasteiger partial charge in [-0.25, -0.2) is 0 Å². The molecular weight excluding hydrogens is 198 g/mol. The molecule has 16 heavy (non-hydrogen) atoms. The van der Waals surface area contributed by atoms with Gasteiger partial charge in [0.05, 0.1) is 0 Å².